The van der Waals surface area contributed by atoms with Crippen molar-refractivity contribution in [3.63, 3.8) is 0 Å². The monoisotopic (exact) mass is 379 g/mol. The Bertz CT molecular complexity index is 1030. The number of halogens is 1. The van der Waals surface area contributed by atoms with Crippen LogP contribution in [-0.4, -0.2) is 15.0 Å². The maximum absolute atomic E-state index is 13.0. The zero-order chi connectivity index (χ0) is 18.6. The molecule has 4 rings (SSSR count). The fraction of sp³-hybridized carbons (Fsp3) is 0.143. The largest absolute Gasteiger partial charge is 0.489 e. The molecule has 0 atom stereocenters. The van der Waals surface area contributed by atoms with E-state index in [2.05, 4.69) is 15.0 Å². The number of fused-ring (bicyclic) bond motifs is 1. The molecule has 0 radical (unpaired) electrons. The Labute approximate surface area is 160 Å². The molecular formula is C21H18FN3OS. The molecule has 0 fully saturated rings. The van der Waals surface area contributed by atoms with E-state index in [-0.39, 0.29) is 5.82 Å². The van der Waals surface area contributed by atoms with Crippen LogP contribution in [0.5, 0.6) is 5.75 Å². The Hall–Kier alpha value is -2.86. The van der Waals surface area contributed by atoms with Crippen LogP contribution < -0.4 is 4.74 Å². The number of ether oxygens (including phenoxy) is 1. The van der Waals surface area contributed by atoms with Gasteiger partial charge in [-0.1, -0.05) is 36.0 Å². The Morgan fingerprint density at radius 2 is 1.93 bits per heavy atom. The predicted octanol–water partition coefficient (Wildman–Crippen LogP) is 5.28. The molecule has 1 N–H and O–H groups in total. The van der Waals surface area contributed by atoms with Gasteiger partial charge < -0.3 is 9.72 Å². The molecule has 4 aromatic rings. The van der Waals surface area contributed by atoms with Gasteiger partial charge in [0.15, 0.2) is 5.16 Å². The van der Waals surface area contributed by atoms with Crippen LogP contribution in [0, 0.1) is 12.7 Å². The van der Waals surface area contributed by atoms with Crippen molar-refractivity contribution >= 4 is 22.8 Å². The van der Waals surface area contributed by atoms with E-state index in [0.29, 0.717) is 12.4 Å². The number of nitrogens with zero attached hydrogens (tertiary/aromatic N) is 2. The number of hydrogen-bond acceptors (Lipinski definition) is 4. The number of aryl methyl sites for hydroxylation is 1. The number of aromatic amines is 1. The highest BCUT2D eigenvalue weighted by atomic mass is 32.2. The number of imidazole rings is 1. The van der Waals surface area contributed by atoms with Crippen LogP contribution in [0.4, 0.5) is 4.39 Å². The lowest BCUT2D eigenvalue weighted by molar-refractivity contribution is 0.303. The second-order valence-corrected chi connectivity index (χ2v) is 7.17. The Kier molecular flexibility index (Phi) is 5.07. The van der Waals surface area contributed by atoms with E-state index in [9.17, 15) is 4.39 Å². The molecule has 0 unspecified atom stereocenters. The smallest absolute Gasteiger partial charge is 0.166 e. The Morgan fingerprint density at radius 1 is 1.11 bits per heavy atom. The molecule has 0 aliphatic rings. The molecule has 0 saturated heterocycles. The van der Waals surface area contributed by atoms with Gasteiger partial charge in [0.2, 0.25) is 0 Å². The normalized spacial score (nSPS) is 11.0. The molecule has 6 heteroatoms. The lowest BCUT2D eigenvalue weighted by atomic mass is 10.2. The highest BCUT2D eigenvalue weighted by Gasteiger charge is 2.07. The number of hydrogen-bond donors (Lipinski definition) is 1. The van der Waals surface area contributed by atoms with Gasteiger partial charge in [-0.05, 0) is 36.8 Å². The zero-order valence-electron chi connectivity index (χ0n) is 14.8. The van der Waals surface area contributed by atoms with Gasteiger partial charge in [-0.3, -0.25) is 4.98 Å². The molecule has 0 amide bonds. The summed E-state index contributed by atoms with van der Waals surface area (Å²) in [6.45, 7) is 2.35. The third kappa shape index (κ3) is 4.28. The summed E-state index contributed by atoms with van der Waals surface area (Å²) in [5.41, 5.74) is 4.79. The minimum atomic E-state index is -0.247. The summed E-state index contributed by atoms with van der Waals surface area (Å²) in [6.07, 6.45) is 1.81. The quantitative estimate of drug-likeness (QED) is 0.463. The second kappa shape index (κ2) is 7.80. The van der Waals surface area contributed by atoms with Gasteiger partial charge in [0, 0.05) is 23.6 Å². The zero-order valence-corrected chi connectivity index (χ0v) is 15.6. The topological polar surface area (TPSA) is 50.8 Å². The molecular weight excluding hydrogens is 361 g/mol. The van der Waals surface area contributed by atoms with Crippen molar-refractivity contribution in [3.8, 4) is 5.75 Å². The first-order valence-electron chi connectivity index (χ1n) is 8.58. The third-order valence-electron chi connectivity index (χ3n) is 4.14. The number of aromatic nitrogens is 3. The third-order valence-corrected chi connectivity index (χ3v) is 5.05. The van der Waals surface area contributed by atoms with E-state index in [1.54, 1.807) is 23.9 Å². The van der Waals surface area contributed by atoms with Gasteiger partial charge in [-0.2, -0.15) is 0 Å². The SMILES string of the molecule is Cc1cnc(CSc2nc3ccccc3[nH]2)cc1OCc1ccc(F)cc1. The number of nitrogens with one attached hydrogen (secondary N) is 1. The standard InChI is InChI=1S/C21H18FN3OS/c1-14-11-23-17(10-20(14)26-12-15-6-8-16(22)9-7-15)13-27-21-24-18-4-2-3-5-19(18)25-21/h2-11H,12-13H2,1H3,(H,24,25). The van der Waals surface area contributed by atoms with Crippen molar-refractivity contribution < 1.29 is 9.13 Å². The van der Waals surface area contributed by atoms with Crippen molar-refractivity contribution in [3.05, 3.63) is 83.4 Å². The van der Waals surface area contributed by atoms with Crippen LogP contribution in [0.1, 0.15) is 16.8 Å². The van der Waals surface area contributed by atoms with Crippen LogP contribution in [0.25, 0.3) is 11.0 Å². The summed E-state index contributed by atoms with van der Waals surface area (Å²) in [5, 5.41) is 0.868. The lowest BCUT2D eigenvalue weighted by Crippen LogP contribution is -1.99. The average molecular weight is 379 g/mol. The van der Waals surface area contributed by atoms with Crippen LogP contribution in [0.15, 0.2) is 66.0 Å². The molecule has 2 heterocycles. The molecule has 27 heavy (non-hydrogen) atoms. The van der Waals surface area contributed by atoms with Crippen LogP contribution in [-0.2, 0) is 12.4 Å². The molecule has 0 aliphatic carbocycles. The number of benzene rings is 2. The van der Waals surface area contributed by atoms with Crippen molar-refractivity contribution in [1.29, 1.82) is 0 Å². The van der Waals surface area contributed by atoms with Crippen molar-refractivity contribution in [2.75, 3.05) is 0 Å². The number of thioether (sulfide) groups is 1. The molecule has 136 valence electrons. The van der Waals surface area contributed by atoms with Crippen molar-refractivity contribution in [1.82, 2.24) is 15.0 Å². The molecule has 0 spiro atoms. The van der Waals surface area contributed by atoms with E-state index in [1.165, 1.54) is 12.1 Å². The van der Waals surface area contributed by atoms with Gasteiger partial charge in [0.1, 0.15) is 18.2 Å². The number of pyridine rings is 1. The second-order valence-electron chi connectivity index (χ2n) is 6.20. The van der Waals surface area contributed by atoms with E-state index >= 15 is 0 Å². The summed E-state index contributed by atoms with van der Waals surface area (Å²) in [6, 6.07) is 16.2. The Morgan fingerprint density at radius 3 is 2.74 bits per heavy atom. The fourth-order valence-corrected chi connectivity index (χ4v) is 3.45. The minimum Gasteiger partial charge on any atom is -0.489 e. The average Bonchev–Trinajstić information content (AvgIpc) is 3.10. The molecule has 0 saturated carbocycles. The maximum atomic E-state index is 13.0. The molecule has 2 aromatic heterocycles. The Balaban J connectivity index is 1.42. The first-order valence-corrected chi connectivity index (χ1v) is 9.56. The number of para-hydroxylation sites is 2. The summed E-state index contributed by atoms with van der Waals surface area (Å²) in [7, 11) is 0. The summed E-state index contributed by atoms with van der Waals surface area (Å²) >= 11 is 1.60. The van der Waals surface area contributed by atoms with Crippen LogP contribution >= 0.6 is 11.8 Å². The number of H-pyrrole nitrogens is 1. The van der Waals surface area contributed by atoms with E-state index in [4.69, 9.17) is 4.74 Å². The molecule has 0 aliphatic heterocycles. The van der Waals surface area contributed by atoms with E-state index < -0.39 is 0 Å². The van der Waals surface area contributed by atoms with Gasteiger partial charge in [0.05, 0.1) is 16.7 Å². The highest BCUT2D eigenvalue weighted by Crippen LogP contribution is 2.25. The van der Waals surface area contributed by atoms with E-state index in [1.807, 2.05) is 43.5 Å². The van der Waals surface area contributed by atoms with Crippen LogP contribution in [0.3, 0.4) is 0 Å². The van der Waals surface area contributed by atoms with Gasteiger partial charge in [-0.15, -0.1) is 0 Å². The van der Waals surface area contributed by atoms with Crippen molar-refractivity contribution in [2.45, 2.75) is 24.4 Å². The first-order chi connectivity index (χ1) is 13.2. The molecule has 2 aromatic carbocycles. The summed E-state index contributed by atoms with van der Waals surface area (Å²) in [5.74, 6) is 1.23. The van der Waals surface area contributed by atoms with Gasteiger partial charge in [-0.25, -0.2) is 9.37 Å². The highest BCUT2D eigenvalue weighted by molar-refractivity contribution is 7.98. The molecule has 4 nitrogen and oxygen atoms in total. The lowest BCUT2D eigenvalue weighted by Gasteiger charge is -2.10. The molecule has 0 bridgehead atoms. The van der Waals surface area contributed by atoms with Crippen LogP contribution in [0.2, 0.25) is 0 Å². The summed E-state index contributed by atoms with van der Waals surface area (Å²) in [4.78, 5) is 12.4. The van der Waals surface area contributed by atoms with Gasteiger partial charge in [0.25, 0.3) is 0 Å². The first kappa shape index (κ1) is 17.5. The van der Waals surface area contributed by atoms with Gasteiger partial charge >= 0.3 is 0 Å². The van der Waals surface area contributed by atoms with Crippen molar-refractivity contribution in [2.24, 2.45) is 0 Å². The maximum Gasteiger partial charge on any atom is 0.166 e. The van der Waals surface area contributed by atoms with E-state index in [0.717, 1.165) is 38.8 Å². The summed E-state index contributed by atoms with van der Waals surface area (Å²) < 4.78 is 18.9. The fourth-order valence-electron chi connectivity index (χ4n) is 2.66. The number of rotatable bonds is 6. The minimum absolute atomic E-state index is 0.247. The predicted molar refractivity (Wildman–Crippen MR) is 105 cm³/mol.